The minimum absolute atomic E-state index is 0.0298. The fourth-order valence-corrected chi connectivity index (χ4v) is 2.05. The van der Waals surface area contributed by atoms with E-state index >= 15 is 0 Å². The van der Waals surface area contributed by atoms with E-state index < -0.39 is 13.1 Å². The first-order valence-electron chi connectivity index (χ1n) is 8.13. The van der Waals surface area contributed by atoms with Gasteiger partial charge in [0, 0.05) is 17.9 Å². The van der Waals surface area contributed by atoms with E-state index in [2.05, 4.69) is 26.2 Å². The lowest BCUT2D eigenvalue weighted by atomic mass is 10.2. The second-order valence-electron chi connectivity index (χ2n) is 4.45. The first-order valence-corrected chi connectivity index (χ1v) is 7.75. The largest absolute Gasteiger partial charge is 0.497 e. The molecule has 2 rings (SSSR count). The fraction of sp³-hybridized carbons (Fsp3) is 0.250. The third-order valence-electron chi connectivity index (χ3n) is 2.93. The fourth-order valence-electron chi connectivity index (χ4n) is 1.75. The molecule has 0 aliphatic rings. The molecule has 0 saturated heterocycles. The van der Waals surface area contributed by atoms with Crippen molar-refractivity contribution in [2.45, 2.75) is 11.9 Å². The molecule has 0 saturated carbocycles. The smallest absolute Gasteiger partial charge is 0.413 e. The van der Waals surface area contributed by atoms with Gasteiger partial charge in [-0.25, -0.2) is 4.79 Å². The van der Waals surface area contributed by atoms with Gasteiger partial charge in [-0.1, -0.05) is 28.1 Å². The number of amides is 1. The highest BCUT2D eigenvalue weighted by Gasteiger charge is 2.11. The van der Waals surface area contributed by atoms with Crippen LogP contribution in [0.3, 0.4) is 0 Å². The van der Waals surface area contributed by atoms with Crippen LogP contribution in [0.5, 0.6) is 17.2 Å². The monoisotopic (exact) mass is 383 g/mol. The zero-order valence-corrected chi connectivity index (χ0v) is 13.9. The SMILES string of the molecule is [2H]C([2H])([2H])Oc1cnc(CBr)cc1OC(=O)NCc1ccc(OC)cc1. The maximum atomic E-state index is 12.0. The number of pyridine rings is 1. The molecule has 23 heavy (non-hydrogen) atoms. The summed E-state index contributed by atoms with van der Waals surface area (Å²) in [4.78, 5) is 16.1. The van der Waals surface area contributed by atoms with Crippen molar-refractivity contribution in [1.82, 2.24) is 10.3 Å². The molecule has 1 aromatic carbocycles. The van der Waals surface area contributed by atoms with Gasteiger partial charge >= 0.3 is 6.09 Å². The van der Waals surface area contributed by atoms with Crippen LogP contribution in [0.2, 0.25) is 0 Å². The minimum atomic E-state index is -2.69. The van der Waals surface area contributed by atoms with E-state index in [1.165, 1.54) is 12.3 Å². The molecule has 6 nitrogen and oxygen atoms in total. The van der Waals surface area contributed by atoms with Crippen LogP contribution in [0.25, 0.3) is 0 Å². The summed E-state index contributed by atoms with van der Waals surface area (Å²) in [6, 6.07) is 8.59. The topological polar surface area (TPSA) is 69.7 Å². The predicted octanol–water partition coefficient (Wildman–Crippen LogP) is 3.28. The first-order chi connectivity index (χ1) is 12.3. The highest BCUT2D eigenvalue weighted by molar-refractivity contribution is 9.08. The molecule has 122 valence electrons. The van der Waals surface area contributed by atoms with E-state index in [-0.39, 0.29) is 18.0 Å². The van der Waals surface area contributed by atoms with Crippen molar-refractivity contribution in [3.8, 4) is 17.2 Å². The van der Waals surface area contributed by atoms with Gasteiger partial charge in [-0.2, -0.15) is 0 Å². The van der Waals surface area contributed by atoms with Gasteiger partial charge < -0.3 is 19.5 Å². The molecule has 1 N–H and O–H groups in total. The predicted molar refractivity (Wildman–Crippen MR) is 89.3 cm³/mol. The van der Waals surface area contributed by atoms with Crippen LogP contribution in [0.1, 0.15) is 15.4 Å². The molecule has 1 amide bonds. The number of ether oxygens (including phenoxy) is 3. The van der Waals surface area contributed by atoms with Gasteiger partial charge in [-0.3, -0.25) is 4.98 Å². The maximum Gasteiger partial charge on any atom is 0.413 e. The number of carbonyl (C=O) groups is 1. The second kappa shape index (κ2) is 8.38. The van der Waals surface area contributed by atoms with Crippen molar-refractivity contribution < 1.29 is 23.1 Å². The molecule has 0 spiro atoms. The number of hydrogen-bond donors (Lipinski definition) is 1. The van der Waals surface area contributed by atoms with Crippen molar-refractivity contribution in [2.75, 3.05) is 14.1 Å². The summed E-state index contributed by atoms with van der Waals surface area (Å²) in [5, 5.41) is 2.99. The summed E-state index contributed by atoms with van der Waals surface area (Å²) in [7, 11) is -1.12. The molecule has 2 aromatic rings. The number of halogens is 1. The quantitative estimate of drug-likeness (QED) is 0.775. The third kappa shape index (κ3) is 4.85. The van der Waals surface area contributed by atoms with Crippen LogP contribution in [0.15, 0.2) is 36.5 Å². The van der Waals surface area contributed by atoms with Crippen LogP contribution in [-0.4, -0.2) is 25.2 Å². The van der Waals surface area contributed by atoms with E-state index in [1.54, 1.807) is 31.4 Å². The lowest BCUT2D eigenvalue weighted by Gasteiger charge is -2.11. The number of alkyl halides is 1. The summed E-state index contributed by atoms with van der Waals surface area (Å²) in [6.45, 7) is 0.231. The number of carbonyl (C=O) groups excluding carboxylic acids is 1. The van der Waals surface area contributed by atoms with Crippen molar-refractivity contribution in [2.24, 2.45) is 0 Å². The average molecular weight is 384 g/mol. The van der Waals surface area contributed by atoms with Crippen LogP contribution < -0.4 is 19.5 Å². The Hall–Kier alpha value is -2.28. The Morgan fingerprint density at radius 1 is 1.30 bits per heavy atom. The van der Waals surface area contributed by atoms with Gasteiger partial charge in [0.1, 0.15) is 5.75 Å². The lowest BCUT2D eigenvalue weighted by molar-refractivity contribution is 0.197. The van der Waals surface area contributed by atoms with E-state index in [0.717, 1.165) is 5.56 Å². The minimum Gasteiger partial charge on any atom is -0.497 e. The lowest BCUT2D eigenvalue weighted by Crippen LogP contribution is -2.26. The van der Waals surface area contributed by atoms with Gasteiger partial charge in [0.25, 0.3) is 0 Å². The number of aromatic nitrogens is 1. The van der Waals surface area contributed by atoms with Gasteiger partial charge in [-0.05, 0) is 17.7 Å². The molecule has 0 atom stereocenters. The normalized spacial score (nSPS) is 12.5. The van der Waals surface area contributed by atoms with E-state index in [1.807, 2.05) is 0 Å². The van der Waals surface area contributed by atoms with E-state index in [4.69, 9.17) is 18.3 Å². The summed E-state index contributed by atoms with van der Waals surface area (Å²) < 4.78 is 36.6. The summed E-state index contributed by atoms with van der Waals surface area (Å²) >= 11 is 3.24. The zero-order chi connectivity index (χ0) is 19.2. The molecule has 0 unspecified atom stereocenters. The number of benzene rings is 1. The zero-order valence-electron chi connectivity index (χ0n) is 15.3. The van der Waals surface area contributed by atoms with Gasteiger partial charge in [0.2, 0.25) is 0 Å². The molecule has 1 aromatic heterocycles. The van der Waals surface area contributed by atoms with Crippen LogP contribution in [0.4, 0.5) is 4.79 Å². The van der Waals surface area contributed by atoms with Crippen molar-refractivity contribution in [1.29, 1.82) is 0 Å². The third-order valence-corrected chi connectivity index (χ3v) is 3.51. The van der Waals surface area contributed by atoms with Crippen LogP contribution in [-0.2, 0) is 11.9 Å². The van der Waals surface area contributed by atoms with E-state index in [0.29, 0.717) is 16.8 Å². The highest BCUT2D eigenvalue weighted by atomic mass is 79.9. The standard InChI is InChI=1S/C16H17BrN2O4/c1-21-13-5-3-11(4-6-13)9-19-16(20)23-14-7-12(8-17)18-10-15(14)22-2/h3-7,10H,8-9H2,1-2H3,(H,19,20)/i2D3. The summed E-state index contributed by atoms with van der Waals surface area (Å²) in [6.07, 6.45) is 0.456. The molecule has 0 aliphatic heterocycles. The summed E-state index contributed by atoms with van der Waals surface area (Å²) in [5.41, 5.74) is 1.40. The number of nitrogens with zero attached hydrogens (tertiary/aromatic N) is 1. The Kier molecular flexibility index (Phi) is 4.80. The highest BCUT2D eigenvalue weighted by Crippen LogP contribution is 2.27. The van der Waals surface area contributed by atoms with E-state index in [9.17, 15) is 4.79 Å². The molecular weight excluding hydrogens is 364 g/mol. The van der Waals surface area contributed by atoms with Crippen LogP contribution >= 0.6 is 15.9 Å². The average Bonchev–Trinajstić information content (AvgIpc) is 2.60. The number of rotatable bonds is 6. The molecule has 0 fully saturated rings. The first kappa shape index (κ1) is 13.2. The Balaban J connectivity index is 2.04. The van der Waals surface area contributed by atoms with Crippen molar-refractivity contribution >= 4 is 22.0 Å². The van der Waals surface area contributed by atoms with Crippen molar-refractivity contribution in [3.05, 3.63) is 47.8 Å². The van der Waals surface area contributed by atoms with Gasteiger partial charge in [-0.15, -0.1) is 0 Å². The van der Waals surface area contributed by atoms with Gasteiger partial charge in [0.15, 0.2) is 11.5 Å². The number of methoxy groups -OCH3 is 2. The summed E-state index contributed by atoms with van der Waals surface area (Å²) in [5.74, 6) is 0.536. The Bertz CT molecular complexity index is 754. The number of nitrogens with one attached hydrogen (secondary N) is 1. The van der Waals surface area contributed by atoms with Crippen LogP contribution in [0, 0.1) is 0 Å². The molecule has 0 aliphatic carbocycles. The maximum absolute atomic E-state index is 12.0. The Labute approximate surface area is 147 Å². The van der Waals surface area contributed by atoms with Gasteiger partial charge in [0.05, 0.1) is 30.2 Å². The Morgan fingerprint density at radius 2 is 2.09 bits per heavy atom. The number of hydrogen-bond acceptors (Lipinski definition) is 5. The molecule has 0 radical (unpaired) electrons. The molecule has 1 heterocycles. The molecule has 0 bridgehead atoms. The Morgan fingerprint density at radius 3 is 2.74 bits per heavy atom. The molecular formula is C16H17BrN2O4. The second-order valence-corrected chi connectivity index (χ2v) is 5.01. The molecule has 7 heteroatoms. The van der Waals surface area contributed by atoms with Crippen molar-refractivity contribution in [3.63, 3.8) is 0 Å².